The Hall–Kier alpha value is -2.00. The quantitative estimate of drug-likeness (QED) is 0.737. The molecule has 0 aromatic heterocycles. The summed E-state index contributed by atoms with van der Waals surface area (Å²) in [6.45, 7) is 3.98. The van der Waals surface area contributed by atoms with Crippen LogP contribution in [0.5, 0.6) is 0 Å². The third-order valence-electron chi connectivity index (χ3n) is 3.25. The molecule has 1 atom stereocenters. The smallest absolute Gasteiger partial charge is 0.0828 e. The van der Waals surface area contributed by atoms with E-state index in [9.17, 15) is 5.11 Å². The fraction of sp³-hybridized carbons (Fsp3) is 0.250. The van der Waals surface area contributed by atoms with Gasteiger partial charge < -0.3 is 16.2 Å². The Kier molecular flexibility index (Phi) is 3.76. The topological polar surface area (TPSA) is 58.3 Å². The summed E-state index contributed by atoms with van der Waals surface area (Å²) in [4.78, 5) is 0. The molecule has 4 N–H and O–H groups in total. The molecule has 0 heterocycles. The number of hydrogen-bond acceptors (Lipinski definition) is 3. The Morgan fingerprint density at radius 2 is 1.84 bits per heavy atom. The highest BCUT2D eigenvalue weighted by Crippen LogP contribution is 2.27. The first-order chi connectivity index (χ1) is 9.03. The minimum atomic E-state index is -0.526. The Labute approximate surface area is 114 Å². The minimum Gasteiger partial charge on any atom is -0.399 e. The van der Waals surface area contributed by atoms with E-state index in [0.29, 0.717) is 0 Å². The van der Waals surface area contributed by atoms with Gasteiger partial charge in [0.25, 0.3) is 0 Å². The number of aliphatic hydroxyl groups is 1. The molecule has 1 unspecified atom stereocenters. The SMILES string of the molecule is Cc1cc(N)cc(NC(C)(CO)c2ccccc2)c1. The molecule has 2 aromatic rings. The van der Waals surface area contributed by atoms with Gasteiger partial charge in [0, 0.05) is 11.4 Å². The number of anilines is 2. The van der Waals surface area contributed by atoms with Crippen LogP contribution in [0.4, 0.5) is 11.4 Å². The molecule has 3 heteroatoms. The summed E-state index contributed by atoms with van der Waals surface area (Å²) in [7, 11) is 0. The highest BCUT2D eigenvalue weighted by molar-refractivity contribution is 5.58. The van der Waals surface area contributed by atoms with E-state index in [1.165, 1.54) is 0 Å². The lowest BCUT2D eigenvalue weighted by Crippen LogP contribution is -2.35. The van der Waals surface area contributed by atoms with E-state index in [4.69, 9.17) is 5.73 Å². The molecule has 19 heavy (non-hydrogen) atoms. The lowest BCUT2D eigenvalue weighted by Gasteiger charge is -2.31. The summed E-state index contributed by atoms with van der Waals surface area (Å²) in [5.74, 6) is 0. The molecule has 2 aromatic carbocycles. The van der Waals surface area contributed by atoms with E-state index in [2.05, 4.69) is 5.32 Å². The summed E-state index contributed by atoms with van der Waals surface area (Å²) < 4.78 is 0. The molecule has 0 fully saturated rings. The van der Waals surface area contributed by atoms with Crippen molar-refractivity contribution < 1.29 is 5.11 Å². The van der Waals surface area contributed by atoms with Crippen LogP contribution in [-0.4, -0.2) is 11.7 Å². The standard InChI is InChI=1S/C16H20N2O/c1-12-8-14(17)10-15(9-12)18-16(2,11-19)13-6-4-3-5-7-13/h3-10,18-19H,11,17H2,1-2H3. The summed E-state index contributed by atoms with van der Waals surface area (Å²) >= 11 is 0. The lowest BCUT2D eigenvalue weighted by atomic mass is 9.92. The van der Waals surface area contributed by atoms with E-state index in [0.717, 1.165) is 22.5 Å². The van der Waals surface area contributed by atoms with Crippen molar-refractivity contribution in [2.24, 2.45) is 0 Å². The van der Waals surface area contributed by atoms with Crippen molar-refractivity contribution in [1.29, 1.82) is 0 Å². The van der Waals surface area contributed by atoms with Crippen LogP contribution in [0.15, 0.2) is 48.5 Å². The Morgan fingerprint density at radius 3 is 2.42 bits per heavy atom. The first-order valence-corrected chi connectivity index (χ1v) is 6.35. The molecular weight excluding hydrogens is 236 g/mol. The molecule has 0 aliphatic carbocycles. The highest BCUT2D eigenvalue weighted by atomic mass is 16.3. The minimum absolute atomic E-state index is 0.00482. The second-order valence-electron chi connectivity index (χ2n) is 5.11. The van der Waals surface area contributed by atoms with E-state index in [1.807, 2.05) is 62.4 Å². The first-order valence-electron chi connectivity index (χ1n) is 6.35. The number of aliphatic hydroxyl groups excluding tert-OH is 1. The maximum Gasteiger partial charge on any atom is 0.0828 e. The van der Waals surface area contributed by atoms with Gasteiger partial charge in [-0.2, -0.15) is 0 Å². The molecule has 0 saturated carbocycles. The van der Waals surface area contributed by atoms with E-state index < -0.39 is 5.54 Å². The second kappa shape index (κ2) is 5.33. The van der Waals surface area contributed by atoms with Gasteiger partial charge in [-0.15, -0.1) is 0 Å². The average Bonchev–Trinajstić information content (AvgIpc) is 2.38. The summed E-state index contributed by atoms with van der Waals surface area (Å²) in [5.41, 5.74) is 9.10. The van der Waals surface area contributed by atoms with Gasteiger partial charge >= 0.3 is 0 Å². The number of hydrogen-bond donors (Lipinski definition) is 3. The van der Waals surface area contributed by atoms with Crippen LogP contribution in [0, 0.1) is 6.92 Å². The monoisotopic (exact) mass is 256 g/mol. The molecule has 0 spiro atoms. The predicted molar refractivity (Wildman–Crippen MR) is 80.1 cm³/mol. The molecule has 0 aliphatic heterocycles. The van der Waals surface area contributed by atoms with Crippen LogP contribution in [-0.2, 0) is 5.54 Å². The van der Waals surface area contributed by atoms with Crippen LogP contribution in [0.3, 0.4) is 0 Å². The van der Waals surface area contributed by atoms with Crippen molar-refractivity contribution in [3.05, 3.63) is 59.7 Å². The summed E-state index contributed by atoms with van der Waals surface area (Å²) in [5, 5.41) is 13.1. The van der Waals surface area contributed by atoms with E-state index in [1.54, 1.807) is 0 Å². The zero-order chi connectivity index (χ0) is 13.9. The normalized spacial score (nSPS) is 13.8. The molecule has 3 nitrogen and oxygen atoms in total. The van der Waals surface area contributed by atoms with Gasteiger partial charge in [-0.1, -0.05) is 30.3 Å². The molecule has 0 amide bonds. The number of rotatable bonds is 4. The van der Waals surface area contributed by atoms with Gasteiger partial charge in [0.05, 0.1) is 12.1 Å². The molecular formula is C16H20N2O. The van der Waals surface area contributed by atoms with Crippen molar-refractivity contribution in [1.82, 2.24) is 0 Å². The third kappa shape index (κ3) is 3.06. The Morgan fingerprint density at radius 1 is 1.16 bits per heavy atom. The maximum atomic E-state index is 9.74. The van der Waals surface area contributed by atoms with Gasteiger partial charge in [0.1, 0.15) is 0 Å². The van der Waals surface area contributed by atoms with Gasteiger partial charge in [0.15, 0.2) is 0 Å². The van der Waals surface area contributed by atoms with Crippen molar-refractivity contribution in [3.8, 4) is 0 Å². The Balaban J connectivity index is 2.33. The van der Waals surface area contributed by atoms with E-state index in [-0.39, 0.29) is 6.61 Å². The summed E-state index contributed by atoms with van der Waals surface area (Å²) in [6, 6.07) is 15.7. The molecule has 0 bridgehead atoms. The van der Waals surface area contributed by atoms with Crippen molar-refractivity contribution in [2.75, 3.05) is 17.7 Å². The average molecular weight is 256 g/mol. The van der Waals surface area contributed by atoms with Crippen molar-refractivity contribution in [2.45, 2.75) is 19.4 Å². The number of benzene rings is 2. The highest BCUT2D eigenvalue weighted by Gasteiger charge is 2.25. The molecule has 0 radical (unpaired) electrons. The number of nitrogens with two attached hydrogens (primary N) is 1. The second-order valence-corrected chi connectivity index (χ2v) is 5.11. The van der Waals surface area contributed by atoms with E-state index >= 15 is 0 Å². The largest absolute Gasteiger partial charge is 0.399 e. The molecule has 100 valence electrons. The number of aryl methyl sites for hydroxylation is 1. The van der Waals surface area contributed by atoms with Crippen LogP contribution >= 0.6 is 0 Å². The summed E-state index contributed by atoms with van der Waals surface area (Å²) in [6.07, 6.45) is 0. The number of nitrogens with one attached hydrogen (secondary N) is 1. The van der Waals surface area contributed by atoms with Crippen LogP contribution in [0.1, 0.15) is 18.1 Å². The maximum absolute atomic E-state index is 9.74. The van der Waals surface area contributed by atoms with Gasteiger partial charge in [0.2, 0.25) is 0 Å². The lowest BCUT2D eigenvalue weighted by molar-refractivity contribution is 0.224. The van der Waals surface area contributed by atoms with Crippen molar-refractivity contribution >= 4 is 11.4 Å². The zero-order valence-electron chi connectivity index (χ0n) is 11.4. The molecule has 2 rings (SSSR count). The fourth-order valence-electron chi connectivity index (χ4n) is 2.21. The molecule has 0 saturated heterocycles. The van der Waals surface area contributed by atoms with Gasteiger partial charge in [-0.25, -0.2) is 0 Å². The van der Waals surface area contributed by atoms with Crippen LogP contribution < -0.4 is 11.1 Å². The predicted octanol–water partition coefficient (Wildman–Crippen LogP) is 2.90. The Bertz CT molecular complexity index is 534. The van der Waals surface area contributed by atoms with Crippen molar-refractivity contribution in [3.63, 3.8) is 0 Å². The third-order valence-corrected chi connectivity index (χ3v) is 3.25. The zero-order valence-corrected chi connectivity index (χ0v) is 11.4. The van der Waals surface area contributed by atoms with Gasteiger partial charge in [-0.05, 0) is 43.2 Å². The first kappa shape index (κ1) is 13.4. The van der Waals surface area contributed by atoms with Gasteiger partial charge in [-0.3, -0.25) is 0 Å². The van der Waals surface area contributed by atoms with Crippen LogP contribution in [0.25, 0.3) is 0 Å². The number of nitrogen functional groups attached to an aromatic ring is 1. The fourth-order valence-corrected chi connectivity index (χ4v) is 2.21. The molecule has 0 aliphatic rings. The van der Waals surface area contributed by atoms with Crippen LogP contribution in [0.2, 0.25) is 0 Å².